The predicted octanol–water partition coefficient (Wildman–Crippen LogP) is 2.74. The lowest BCUT2D eigenvalue weighted by molar-refractivity contribution is -0.142. The Bertz CT molecular complexity index is 897. The number of carbonyl (C=O) groups is 2. The molecule has 0 bridgehead atoms. The highest BCUT2D eigenvalue weighted by molar-refractivity contribution is 5.95. The minimum atomic E-state index is -0.798. The van der Waals surface area contributed by atoms with Crippen molar-refractivity contribution in [1.82, 2.24) is 9.97 Å². The van der Waals surface area contributed by atoms with Crippen LogP contribution in [-0.2, 0) is 28.8 Å². The molecule has 0 spiro atoms. The molecule has 29 heavy (non-hydrogen) atoms. The molecule has 3 aromatic rings. The number of esters is 1. The number of ketones is 1. The molecule has 3 rings (SSSR count). The molecule has 1 heterocycles. The van der Waals surface area contributed by atoms with Crippen molar-refractivity contribution in [3.63, 3.8) is 0 Å². The molecule has 3 N–H and O–H groups in total. The highest BCUT2D eigenvalue weighted by Crippen LogP contribution is 2.19. The predicted molar refractivity (Wildman–Crippen MR) is 110 cm³/mol. The summed E-state index contributed by atoms with van der Waals surface area (Å²) in [6.07, 6.45) is 3.02. The lowest BCUT2D eigenvalue weighted by Gasteiger charge is -2.15. The molecule has 6 nitrogen and oxygen atoms in total. The molecule has 0 aliphatic heterocycles. The van der Waals surface area contributed by atoms with E-state index in [1.807, 2.05) is 60.7 Å². The van der Waals surface area contributed by atoms with Crippen LogP contribution in [0, 0.1) is 5.92 Å². The monoisotopic (exact) mass is 391 g/mol. The Morgan fingerprint density at radius 2 is 1.52 bits per heavy atom. The van der Waals surface area contributed by atoms with E-state index in [2.05, 4.69) is 14.7 Å². The van der Waals surface area contributed by atoms with Gasteiger partial charge in [-0.2, -0.15) is 0 Å². The van der Waals surface area contributed by atoms with E-state index in [1.165, 1.54) is 7.11 Å². The number of nitrogens with two attached hydrogens (primary N) is 1. The summed E-state index contributed by atoms with van der Waals surface area (Å²) in [5, 5.41) is 0. The molecular weight excluding hydrogens is 366 g/mol. The Balaban J connectivity index is 1.78. The molecule has 0 aliphatic rings. The summed E-state index contributed by atoms with van der Waals surface area (Å²) >= 11 is 0. The number of ether oxygens (including phenoxy) is 1. The first-order chi connectivity index (χ1) is 14.1. The molecule has 0 saturated heterocycles. The van der Waals surface area contributed by atoms with Crippen molar-refractivity contribution in [1.29, 1.82) is 0 Å². The molecule has 1 atom stereocenters. The van der Waals surface area contributed by atoms with Gasteiger partial charge in [0.1, 0.15) is 6.04 Å². The number of Topliss-reactive ketones (excluding diaryl/α,β-unsaturated/α-hetero) is 1. The number of nitrogens with one attached hydrogen (secondary N) is 1. The van der Waals surface area contributed by atoms with E-state index in [9.17, 15) is 9.59 Å². The van der Waals surface area contributed by atoms with E-state index in [-0.39, 0.29) is 23.9 Å². The standard InChI is InChI=1S/C23H25N3O3/c1-29-23(28)20(24)14-19-15-25-22(26-19)21(27)18(12-16-8-4-2-5-9-16)13-17-10-6-3-7-11-17/h2-11,15,18,20H,12-14,24H2,1H3,(H,25,26)/t20-/m0/s1. The van der Waals surface area contributed by atoms with Crippen LogP contribution < -0.4 is 5.73 Å². The van der Waals surface area contributed by atoms with Gasteiger partial charge >= 0.3 is 5.97 Å². The number of hydrogen-bond acceptors (Lipinski definition) is 5. The van der Waals surface area contributed by atoms with Crippen LogP contribution in [0.3, 0.4) is 0 Å². The Morgan fingerprint density at radius 1 is 0.966 bits per heavy atom. The molecular formula is C23H25N3O3. The van der Waals surface area contributed by atoms with E-state index < -0.39 is 12.0 Å². The molecule has 0 fully saturated rings. The summed E-state index contributed by atoms with van der Waals surface area (Å²) in [4.78, 5) is 32.0. The van der Waals surface area contributed by atoms with Crippen LogP contribution >= 0.6 is 0 Å². The van der Waals surface area contributed by atoms with Crippen LogP contribution in [0.5, 0.6) is 0 Å². The lowest BCUT2D eigenvalue weighted by Crippen LogP contribution is -2.33. The van der Waals surface area contributed by atoms with Crippen molar-refractivity contribution in [2.75, 3.05) is 7.11 Å². The SMILES string of the molecule is COC(=O)[C@@H](N)Cc1cnc(C(=O)C(Cc2ccccc2)Cc2ccccc2)[nH]1. The molecule has 0 radical (unpaired) electrons. The van der Waals surface area contributed by atoms with Crippen molar-refractivity contribution in [3.8, 4) is 0 Å². The fourth-order valence-corrected chi connectivity index (χ4v) is 3.31. The number of aromatic nitrogens is 2. The van der Waals surface area contributed by atoms with Gasteiger partial charge in [-0.15, -0.1) is 0 Å². The smallest absolute Gasteiger partial charge is 0.323 e. The summed E-state index contributed by atoms with van der Waals surface area (Å²) in [7, 11) is 1.29. The van der Waals surface area contributed by atoms with Gasteiger partial charge in [0.05, 0.1) is 7.11 Å². The van der Waals surface area contributed by atoms with Gasteiger partial charge in [0.2, 0.25) is 5.78 Å². The molecule has 6 heteroatoms. The van der Waals surface area contributed by atoms with Crippen LogP contribution in [0.4, 0.5) is 0 Å². The number of methoxy groups -OCH3 is 1. The number of imidazole rings is 1. The fourth-order valence-electron chi connectivity index (χ4n) is 3.31. The van der Waals surface area contributed by atoms with Crippen LogP contribution in [0.2, 0.25) is 0 Å². The van der Waals surface area contributed by atoms with E-state index >= 15 is 0 Å². The summed E-state index contributed by atoms with van der Waals surface area (Å²) in [6.45, 7) is 0. The average Bonchev–Trinajstić information content (AvgIpc) is 3.22. The number of benzene rings is 2. The summed E-state index contributed by atoms with van der Waals surface area (Å²) in [5.41, 5.74) is 8.63. The summed E-state index contributed by atoms with van der Waals surface area (Å²) in [6, 6.07) is 19.1. The second-order valence-electron chi connectivity index (χ2n) is 7.03. The maximum absolute atomic E-state index is 13.2. The maximum atomic E-state index is 13.2. The zero-order valence-electron chi connectivity index (χ0n) is 16.4. The van der Waals surface area contributed by atoms with Crippen LogP contribution in [0.15, 0.2) is 66.9 Å². The minimum absolute atomic E-state index is 0.0596. The molecule has 0 saturated carbocycles. The number of rotatable bonds is 9. The van der Waals surface area contributed by atoms with Gasteiger partial charge in [0.25, 0.3) is 0 Å². The topological polar surface area (TPSA) is 98.1 Å². The average molecular weight is 391 g/mol. The van der Waals surface area contributed by atoms with Crippen molar-refractivity contribution >= 4 is 11.8 Å². The van der Waals surface area contributed by atoms with Crippen LogP contribution in [-0.4, -0.2) is 34.9 Å². The first-order valence-corrected chi connectivity index (χ1v) is 9.56. The Hall–Kier alpha value is -3.25. The van der Waals surface area contributed by atoms with Gasteiger partial charge in [0.15, 0.2) is 5.82 Å². The normalized spacial score (nSPS) is 12.0. The molecule has 1 aromatic heterocycles. The Labute approximate surface area is 170 Å². The van der Waals surface area contributed by atoms with Gasteiger partial charge < -0.3 is 15.5 Å². The number of nitrogens with zero attached hydrogens (tertiary/aromatic N) is 1. The van der Waals surface area contributed by atoms with E-state index in [0.717, 1.165) is 11.1 Å². The Kier molecular flexibility index (Phi) is 6.92. The third-order valence-electron chi connectivity index (χ3n) is 4.83. The zero-order chi connectivity index (χ0) is 20.6. The highest BCUT2D eigenvalue weighted by atomic mass is 16.5. The van der Waals surface area contributed by atoms with Gasteiger partial charge in [-0.25, -0.2) is 4.98 Å². The van der Waals surface area contributed by atoms with E-state index in [4.69, 9.17) is 5.73 Å². The third kappa shape index (κ3) is 5.62. The first kappa shape index (κ1) is 20.5. The van der Waals surface area contributed by atoms with Crippen molar-refractivity contribution in [3.05, 3.63) is 89.5 Å². The second-order valence-corrected chi connectivity index (χ2v) is 7.03. The molecule has 0 amide bonds. The molecule has 2 aromatic carbocycles. The zero-order valence-corrected chi connectivity index (χ0v) is 16.4. The van der Waals surface area contributed by atoms with Crippen LogP contribution in [0.25, 0.3) is 0 Å². The van der Waals surface area contributed by atoms with E-state index in [1.54, 1.807) is 6.20 Å². The van der Waals surface area contributed by atoms with Gasteiger partial charge in [0, 0.05) is 24.2 Å². The molecule has 150 valence electrons. The number of hydrogen-bond donors (Lipinski definition) is 2. The number of aromatic amines is 1. The quantitative estimate of drug-likeness (QED) is 0.432. The van der Waals surface area contributed by atoms with Crippen molar-refractivity contribution in [2.24, 2.45) is 11.7 Å². The van der Waals surface area contributed by atoms with Gasteiger partial charge in [-0.05, 0) is 24.0 Å². The minimum Gasteiger partial charge on any atom is -0.468 e. The number of carbonyl (C=O) groups excluding carboxylic acids is 2. The largest absolute Gasteiger partial charge is 0.468 e. The first-order valence-electron chi connectivity index (χ1n) is 9.56. The molecule has 0 unspecified atom stereocenters. The van der Waals surface area contributed by atoms with E-state index in [0.29, 0.717) is 18.5 Å². The van der Waals surface area contributed by atoms with Crippen LogP contribution in [0.1, 0.15) is 27.4 Å². The lowest BCUT2D eigenvalue weighted by atomic mass is 9.89. The Morgan fingerprint density at radius 3 is 2.03 bits per heavy atom. The molecule has 0 aliphatic carbocycles. The third-order valence-corrected chi connectivity index (χ3v) is 4.83. The summed E-state index contributed by atoms with van der Waals surface area (Å²) in [5.74, 6) is -0.531. The van der Waals surface area contributed by atoms with Gasteiger partial charge in [-0.3, -0.25) is 9.59 Å². The second kappa shape index (κ2) is 9.80. The maximum Gasteiger partial charge on any atom is 0.323 e. The fraction of sp³-hybridized carbons (Fsp3) is 0.261. The summed E-state index contributed by atoms with van der Waals surface area (Å²) < 4.78 is 4.64. The van der Waals surface area contributed by atoms with Gasteiger partial charge in [-0.1, -0.05) is 60.7 Å². The van der Waals surface area contributed by atoms with Crippen molar-refractivity contribution in [2.45, 2.75) is 25.3 Å². The number of H-pyrrole nitrogens is 1. The van der Waals surface area contributed by atoms with Crippen molar-refractivity contribution < 1.29 is 14.3 Å². The highest BCUT2D eigenvalue weighted by Gasteiger charge is 2.24.